The highest BCUT2D eigenvalue weighted by molar-refractivity contribution is 7.87. The zero-order valence-electron chi connectivity index (χ0n) is 12.3. The van der Waals surface area contributed by atoms with E-state index in [0.29, 0.717) is 19.3 Å². The Bertz CT molecular complexity index is 534. The molecular weight excluding hydrogens is 280 g/mol. The van der Waals surface area contributed by atoms with E-state index in [9.17, 15) is 18.0 Å². The standard InChI is InChI=1S/C14H22O5S/c1-4-5-12(16)19-20(17,18)9-14-7-6-10(8-11(14)15)13(14,2)3/h10H,4-9H2,1-3H3. The summed E-state index contributed by atoms with van der Waals surface area (Å²) >= 11 is 0. The number of ketones is 1. The molecule has 114 valence electrons. The molecule has 0 heterocycles. The fourth-order valence-corrected chi connectivity index (χ4v) is 5.53. The monoisotopic (exact) mass is 302 g/mol. The maximum absolute atomic E-state index is 12.3. The first-order chi connectivity index (χ1) is 9.14. The molecule has 0 spiro atoms. The molecule has 2 unspecified atom stereocenters. The van der Waals surface area contributed by atoms with Crippen molar-refractivity contribution in [1.29, 1.82) is 0 Å². The zero-order chi connectivity index (χ0) is 15.2. The molecule has 0 N–H and O–H groups in total. The van der Waals surface area contributed by atoms with E-state index in [2.05, 4.69) is 4.18 Å². The van der Waals surface area contributed by atoms with Gasteiger partial charge in [0.2, 0.25) is 0 Å². The topological polar surface area (TPSA) is 77.5 Å². The molecule has 2 rings (SSSR count). The van der Waals surface area contributed by atoms with Crippen LogP contribution in [0.2, 0.25) is 0 Å². The first-order valence-corrected chi connectivity index (χ1v) is 8.70. The number of carbonyl (C=O) groups excluding carboxylic acids is 2. The maximum atomic E-state index is 12.3. The fraction of sp³-hybridized carbons (Fsp3) is 0.857. The molecule has 5 nitrogen and oxygen atoms in total. The van der Waals surface area contributed by atoms with Gasteiger partial charge in [0.1, 0.15) is 5.78 Å². The lowest BCUT2D eigenvalue weighted by atomic mass is 9.70. The van der Waals surface area contributed by atoms with E-state index in [4.69, 9.17) is 0 Å². The second-order valence-electron chi connectivity index (χ2n) is 6.57. The van der Waals surface area contributed by atoms with E-state index in [-0.39, 0.29) is 29.3 Å². The Balaban J connectivity index is 2.20. The van der Waals surface area contributed by atoms with Gasteiger partial charge in [-0.25, -0.2) is 0 Å². The van der Waals surface area contributed by atoms with E-state index in [1.807, 2.05) is 13.8 Å². The lowest BCUT2D eigenvalue weighted by Gasteiger charge is -2.35. The lowest BCUT2D eigenvalue weighted by Crippen LogP contribution is -2.42. The molecule has 0 aromatic rings. The van der Waals surface area contributed by atoms with Gasteiger partial charge in [0, 0.05) is 12.8 Å². The van der Waals surface area contributed by atoms with Gasteiger partial charge in [-0.2, -0.15) is 8.42 Å². The van der Waals surface area contributed by atoms with Gasteiger partial charge in [0.15, 0.2) is 0 Å². The molecule has 2 fully saturated rings. The predicted octanol–water partition coefficient (Wildman–Crippen LogP) is 2.05. The summed E-state index contributed by atoms with van der Waals surface area (Å²) in [5, 5.41) is 0. The highest BCUT2D eigenvalue weighted by atomic mass is 32.2. The average molecular weight is 302 g/mol. The molecule has 0 aromatic heterocycles. The number of fused-ring (bicyclic) bond motifs is 2. The second-order valence-corrected chi connectivity index (χ2v) is 8.14. The number of carbonyl (C=O) groups is 2. The molecular formula is C14H22O5S. The lowest BCUT2D eigenvalue weighted by molar-refractivity contribution is -0.134. The number of hydrogen-bond acceptors (Lipinski definition) is 5. The first kappa shape index (κ1) is 15.5. The average Bonchev–Trinajstić information content (AvgIpc) is 2.61. The Morgan fingerprint density at radius 1 is 1.40 bits per heavy atom. The molecule has 6 heteroatoms. The highest BCUT2D eigenvalue weighted by Crippen LogP contribution is 2.64. The Hall–Kier alpha value is -0.910. The molecule has 2 bridgehead atoms. The molecule has 2 aliphatic carbocycles. The van der Waals surface area contributed by atoms with E-state index in [1.165, 1.54) is 0 Å². The number of rotatable bonds is 5. The van der Waals surface area contributed by atoms with Crippen LogP contribution in [0.4, 0.5) is 0 Å². The van der Waals surface area contributed by atoms with Gasteiger partial charge >= 0.3 is 16.1 Å². The smallest absolute Gasteiger partial charge is 0.322 e. The van der Waals surface area contributed by atoms with Crippen molar-refractivity contribution in [3.63, 3.8) is 0 Å². The van der Waals surface area contributed by atoms with Crippen LogP contribution in [0.1, 0.15) is 52.9 Å². The van der Waals surface area contributed by atoms with Gasteiger partial charge in [0.25, 0.3) is 0 Å². The molecule has 0 saturated heterocycles. The third-order valence-corrected chi connectivity index (χ3v) is 6.52. The van der Waals surface area contributed by atoms with Gasteiger partial charge in [0.05, 0.1) is 11.2 Å². The van der Waals surface area contributed by atoms with E-state index in [1.54, 1.807) is 6.92 Å². The summed E-state index contributed by atoms with van der Waals surface area (Å²) in [6.45, 7) is 5.69. The van der Waals surface area contributed by atoms with Crippen LogP contribution in [-0.2, 0) is 23.9 Å². The molecule has 0 aliphatic heterocycles. The molecule has 2 atom stereocenters. The zero-order valence-corrected chi connectivity index (χ0v) is 13.1. The van der Waals surface area contributed by atoms with Crippen LogP contribution in [0.15, 0.2) is 0 Å². The summed E-state index contributed by atoms with van der Waals surface area (Å²) in [5.41, 5.74) is -1.21. The van der Waals surface area contributed by atoms with Crippen LogP contribution in [0, 0.1) is 16.7 Å². The highest BCUT2D eigenvalue weighted by Gasteiger charge is 2.65. The molecule has 20 heavy (non-hydrogen) atoms. The summed E-state index contributed by atoms with van der Waals surface area (Å²) in [6.07, 6.45) is 2.51. The Morgan fingerprint density at radius 3 is 2.50 bits per heavy atom. The second kappa shape index (κ2) is 4.83. The minimum atomic E-state index is -4.00. The summed E-state index contributed by atoms with van der Waals surface area (Å²) in [7, 11) is -4.00. The number of hydrogen-bond donors (Lipinski definition) is 0. The number of Topliss-reactive ketones (excluding diaryl/α,β-unsaturated/α-hetero) is 1. The Labute approximate surface area is 120 Å². The van der Waals surface area contributed by atoms with Crippen molar-refractivity contribution in [3.8, 4) is 0 Å². The van der Waals surface area contributed by atoms with Gasteiger partial charge in [-0.1, -0.05) is 20.8 Å². The molecule has 2 saturated carbocycles. The SMILES string of the molecule is CCCC(=O)OS(=O)(=O)CC12CCC(CC1=O)C2(C)C. The molecule has 0 amide bonds. The van der Waals surface area contributed by atoms with Crippen molar-refractivity contribution in [2.75, 3.05) is 5.75 Å². The molecule has 2 aliphatic rings. The van der Waals surface area contributed by atoms with Crippen LogP contribution in [0.3, 0.4) is 0 Å². The summed E-state index contributed by atoms with van der Waals surface area (Å²) in [4.78, 5) is 23.6. The summed E-state index contributed by atoms with van der Waals surface area (Å²) in [5.74, 6) is -0.843. The molecule has 0 aromatic carbocycles. The largest absolute Gasteiger partial charge is 0.346 e. The van der Waals surface area contributed by atoms with Crippen LogP contribution in [0.25, 0.3) is 0 Å². The van der Waals surface area contributed by atoms with Crippen molar-refractivity contribution in [3.05, 3.63) is 0 Å². The van der Waals surface area contributed by atoms with Gasteiger partial charge in [-0.15, -0.1) is 0 Å². The maximum Gasteiger partial charge on any atom is 0.322 e. The van der Waals surface area contributed by atoms with E-state index >= 15 is 0 Å². The van der Waals surface area contributed by atoms with E-state index < -0.39 is 21.5 Å². The van der Waals surface area contributed by atoms with Gasteiger partial charge < -0.3 is 4.18 Å². The van der Waals surface area contributed by atoms with Gasteiger partial charge in [-0.3, -0.25) is 9.59 Å². The summed E-state index contributed by atoms with van der Waals surface area (Å²) < 4.78 is 28.8. The minimum Gasteiger partial charge on any atom is -0.346 e. The Kier molecular flexibility index (Phi) is 3.73. The van der Waals surface area contributed by atoms with E-state index in [0.717, 1.165) is 6.42 Å². The van der Waals surface area contributed by atoms with Crippen LogP contribution in [0.5, 0.6) is 0 Å². The van der Waals surface area contributed by atoms with Crippen LogP contribution >= 0.6 is 0 Å². The molecule has 0 radical (unpaired) electrons. The first-order valence-electron chi connectivity index (χ1n) is 7.13. The fourth-order valence-electron chi connectivity index (χ4n) is 3.83. The van der Waals surface area contributed by atoms with Crippen molar-refractivity contribution in [1.82, 2.24) is 0 Å². The normalized spacial score (nSPS) is 31.6. The Morgan fingerprint density at radius 2 is 2.05 bits per heavy atom. The quantitative estimate of drug-likeness (QED) is 0.726. The predicted molar refractivity (Wildman–Crippen MR) is 73.3 cm³/mol. The van der Waals surface area contributed by atoms with Crippen molar-refractivity contribution >= 4 is 21.9 Å². The third-order valence-electron chi connectivity index (χ3n) is 5.24. The minimum absolute atomic E-state index is 0.00821. The van der Waals surface area contributed by atoms with Crippen molar-refractivity contribution in [2.24, 2.45) is 16.7 Å². The third kappa shape index (κ3) is 2.28. The summed E-state index contributed by atoms with van der Waals surface area (Å²) in [6, 6.07) is 0. The van der Waals surface area contributed by atoms with Crippen LogP contribution < -0.4 is 0 Å². The van der Waals surface area contributed by atoms with Crippen LogP contribution in [-0.4, -0.2) is 25.9 Å². The van der Waals surface area contributed by atoms with Crippen molar-refractivity contribution in [2.45, 2.75) is 52.9 Å². The van der Waals surface area contributed by atoms with Gasteiger partial charge in [-0.05, 0) is 30.6 Å². The van der Waals surface area contributed by atoms with Crippen molar-refractivity contribution < 1.29 is 22.2 Å².